The Kier molecular flexibility index (Phi) is 3.78. The van der Waals surface area contributed by atoms with E-state index < -0.39 is 25.2 Å². The third-order valence-corrected chi connectivity index (χ3v) is 2.54. The number of carboxylic acid groups (broad SMARTS) is 1. The lowest BCUT2D eigenvalue weighted by Crippen LogP contribution is -2.14. The predicted octanol–water partition coefficient (Wildman–Crippen LogP) is 3.26. The predicted molar refractivity (Wildman–Crippen MR) is 64.9 cm³/mol. The Morgan fingerprint density at radius 3 is 2.65 bits per heavy atom. The lowest BCUT2D eigenvalue weighted by Gasteiger charge is -2.10. The number of hydrogen-bond acceptors (Lipinski definition) is 3. The number of benzene rings is 1. The minimum Gasteiger partial charge on any atom is -0.477 e. The van der Waals surface area contributed by atoms with Gasteiger partial charge in [-0.05, 0) is 12.1 Å². The maximum absolute atomic E-state index is 12.1. The highest BCUT2D eigenvalue weighted by molar-refractivity contribution is 5.95. The Labute approximate surface area is 111 Å². The van der Waals surface area contributed by atoms with Gasteiger partial charge in [0.15, 0.2) is 0 Å². The molecule has 1 heterocycles. The van der Waals surface area contributed by atoms with Crippen molar-refractivity contribution in [1.29, 1.82) is 0 Å². The van der Waals surface area contributed by atoms with Crippen molar-refractivity contribution in [2.24, 2.45) is 0 Å². The smallest absolute Gasteiger partial charge is 0.392 e. The zero-order chi connectivity index (χ0) is 14.8. The summed E-state index contributed by atoms with van der Waals surface area (Å²) in [5.74, 6) is -1.61. The standard InChI is InChI=1S/C13H10F3NO3/c14-13(15,16)5-6-20-11-9(12(18)19)7-8-3-1-2-4-10(8)17-11/h1-4,7H,5-6H2,(H,18,19). The van der Waals surface area contributed by atoms with Gasteiger partial charge >= 0.3 is 12.1 Å². The summed E-state index contributed by atoms with van der Waals surface area (Å²) in [6.07, 6.45) is -5.53. The second kappa shape index (κ2) is 5.36. The van der Waals surface area contributed by atoms with Crippen LogP contribution >= 0.6 is 0 Å². The van der Waals surface area contributed by atoms with Gasteiger partial charge < -0.3 is 9.84 Å². The first-order chi connectivity index (χ1) is 9.37. The Balaban J connectivity index is 2.30. The number of ether oxygens (including phenoxy) is 1. The molecule has 0 aliphatic carbocycles. The maximum atomic E-state index is 12.1. The van der Waals surface area contributed by atoms with Gasteiger partial charge in [0, 0.05) is 5.39 Å². The van der Waals surface area contributed by atoms with E-state index in [0.29, 0.717) is 10.9 Å². The molecule has 0 unspecified atom stereocenters. The largest absolute Gasteiger partial charge is 0.477 e. The van der Waals surface area contributed by atoms with E-state index in [0.717, 1.165) is 0 Å². The number of fused-ring (bicyclic) bond motifs is 1. The minimum atomic E-state index is -4.36. The number of aromatic nitrogens is 1. The molecule has 0 bridgehead atoms. The number of para-hydroxylation sites is 1. The van der Waals surface area contributed by atoms with Crippen LogP contribution in [0.25, 0.3) is 10.9 Å². The van der Waals surface area contributed by atoms with Gasteiger partial charge in [-0.15, -0.1) is 0 Å². The van der Waals surface area contributed by atoms with Crippen LogP contribution in [-0.2, 0) is 0 Å². The molecule has 0 aliphatic rings. The first-order valence-corrected chi connectivity index (χ1v) is 5.69. The molecule has 20 heavy (non-hydrogen) atoms. The van der Waals surface area contributed by atoms with Gasteiger partial charge in [-0.25, -0.2) is 9.78 Å². The number of nitrogens with zero attached hydrogens (tertiary/aromatic N) is 1. The zero-order valence-corrected chi connectivity index (χ0v) is 10.1. The van der Waals surface area contributed by atoms with Gasteiger partial charge in [-0.3, -0.25) is 0 Å². The molecule has 0 spiro atoms. The summed E-state index contributed by atoms with van der Waals surface area (Å²) in [7, 11) is 0. The molecule has 0 atom stereocenters. The summed E-state index contributed by atoms with van der Waals surface area (Å²) in [6, 6.07) is 8.01. The molecule has 2 rings (SSSR count). The lowest BCUT2D eigenvalue weighted by molar-refractivity contribution is -0.139. The van der Waals surface area contributed by atoms with Crippen LogP contribution in [0.3, 0.4) is 0 Å². The summed E-state index contributed by atoms with van der Waals surface area (Å²) >= 11 is 0. The molecule has 0 saturated heterocycles. The number of hydrogen-bond donors (Lipinski definition) is 1. The number of pyridine rings is 1. The number of rotatable bonds is 4. The molecule has 0 amide bonds. The van der Waals surface area contributed by atoms with Gasteiger partial charge in [0.25, 0.3) is 0 Å². The SMILES string of the molecule is O=C(O)c1cc2ccccc2nc1OCCC(F)(F)F. The summed E-state index contributed by atoms with van der Waals surface area (Å²) in [6.45, 7) is -0.672. The highest BCUT2D eigenvalue weighted by atomic mass is 19.4. The van der Waals surface area contributed by atoms with E-state index in [1.54, 1.807) is 24.3 Å². The monoisotopic (exact) mass is 285 g/mol. The van der Waals surface area contributed by atoms with Crippen molar-refractivity contribution in [2.75, 3.05) is 6.61 Å². The Morgan fingerprint density at radius 2 is 2.00 bits per heavy atom. The number of halogens is 3. The van der Waals surface area contributed by atoms with Gasteiger partial charge in [0.2, 0.25) is 5.88 Å². The van der Waals surface area contributed by atoms with E-state index in [4.69, 9.17) is 9.84 Å². The fourth-order valence-corrected chi connectivity index (χ4v) is 1.62. The highest BCUT2D eigenvalue weighted by Crippen LogP contribution is 2.24. The second-order valence-electron chi connectivity index (χ2n) is 4.05. The highest BCUT2D eigenvalue weighted by Gasteiger charge is 2.27. The molecule has 4 nitrogen and oxygen atoms in total. The molecule has 1 N–H and O–H groups in total. The van der Waals surface area contributed by atoms with E-state index >= 15 is 0 Å². The van der Waals surface area contributed by atoms with Crippen LogP contribution in [0.15, 0.2) is 30.3 Å². The maximum Gasteiger partial charge on any atom is 0.392 e. The fraction of sp³-hybridized carbons (Fsp3) is 0.231. The van der Waals surface area contributed by atoms with Crippen molar-refractivity contribution in [3.8, 4) is 5.88 Å². The number of carbonyl (C=O) groups is 1. The quantitative estimate of drug-likeness (QED) is 0.936. The molecule has 1 aromatic heterocycles. The third-order valence-electron chi connectivity index (χ3n) is 2.54. The minimum absolute atomic E-state index is 0.258. The second-order valence-corrected chi connectivity index (χ2v) is 4.05. The van der Waals surface area contributed by atoms with E-state index in [2.05, 4.69) is 4.98 Å². The van der Waals surface area contributed by atoms with E-state index in [1.807, 2.05) is 0 Å². The number of aromatic carboxylic acids is 1. The van der Waals surface area contributed by atoms with Crippen LogP contribution in [-0.4, -0.2) is 28.8 Å². The molecule has 0 aliphatic heterocycles. The topological polar surface area (TPSA) is 59.4 Å². The van der Waals surface area contributed by atoms with Crippen LogP contribution in [0.1, 0.15) is 16.8 Å². The van der Waals surface area contributed by atoms with Crippen LogP contribution in [0, 0.1) is 0 Å². The first-order valence-electron chi connectivity index (χ1n) is 5.69. The summed E-state index contributed by atoms with van der Waals surface area (Å²) in [5.41, 5.74) is 0.199. The lowest BCUT2D eigenvalue weighted by atomic mass is 10.1. The van der Waals surface area contributed by atoms with Crippen molar-refractivity contribution in [3.63, 3.8) is 0 Å². The van der Waals surface area contributed by atoms with Crippen LogP contribution in [0.2, 0.25) is 0 Å². The summed E-state index contributed by atoms with van der Waals surface area (Å²) in [5, 5.41) is 9.62. The normalized spacial score (nSPS) is 11.6. The van der Waals surface area contributed by atoms with Crippen LogP contribution in [0.5, 0.6) is 5.88 Å². The number of alkyl halides is 3. The average molecular weight is 285 g/mol. The molecular weight excluding hydrogens is 275 g/mol. The van der Waals surface area contributed by atoms with E-state index in [1.165, 1.54) is 6.07 Å². The van der Waals surface area contributed by atoms with E-state index in [-0.39, 0.29) is 11.4 Å². The Hall–Kier alpha value is -2.31. The first kappa shape index (κ1) is 14.1. The zero-order valence-electron chi connectivity index (χ0n) is 10.1. The molecule has 0 radical (unpaired) electrons. The summed E-state index contributed by atoms with van der Waals surface area (Å²) < 4.78 is 41.0. The molecule has 0 fully saturated rings. The molecule has 0 saturated carbocycles. The summed E-state index contributed by atoms with van der Waals surface area (Å²) in [4.78, 5) is 15.0. The van der Waals surface area contributed by atoms with Crippen LogP contribution < -0.4 is 4.74 Å². The number of carboxylic acids is 1. The molecule has 7 heteroatoms. The van der Waals surface area contributed by atoms with Crippen molar-refractivity contribution in [1.82, 2.24) is 4.98 Å². The van der Waals surface area contributed by atoms with Gasteiger partial charge in [0.05, 0.1) is 18.5 Å². The van der Waals surface area contributed by atoms with Crippen molar-refractivity contribution >= 4 is 16.9 Å². The third kappa shape index (κ3) is 3.37. The molecule has 2 aromatic rings. The van der Waals surface area contributed by atoms with Crippen molar-refractivity contribution in [3.05, 3.63) is 35.9 Å². The average Bonchev–Trinajstić information content (AvgIpc) is 2.36. The van der Waals surface area contributed by atoms with Crippen LogP contribution in [0.4, 0.5) is 13.2 Å². The molecule has 106 valence electrons. The van der Waals surface area contributed by atoms with Gasteiger partial charge in [-0.1, -0.05) is 18.2 Å². The molecular formula is C13H10F3NO3. The van der Waals surface area contributed by atoms with E-state index in [9.17, 15) is 18.0 Å². The van der Waals surface area contributed by atoms with Crippen molar-refractivity contribution in [2.45, 2.75) is 12.6 Å². The fourth-order valence-electron chi connectivity index (χ4n) is 1.62. The van der Waals surface area contributed by atoms with Gasteiger partial charge in [-0.2, -0.15) is 13.2 Å². The molecule has 1 aromatic carbocycles. The Morgan fingerprint density at radius 1 is 1.30 bits per heavy atom. The van der Waals surface area contributed by atoms with Crippen molar-refractivity contribution < 1.29 is 27.8 Å². The van der Waals surface area contributed by atoms with Gasteiger partial charge in [0.1, 0.15) is 5.56 Å². The Bertz CT molecular complexity index is 640.